The van der Waals surface area contributed by atoms with Crippen molar-refractivity contribution in [3.63, 3.8) is 0 Å². The van der Waals surface area contributed by atoms with E-state index in [1.54, 1.807) is 19.4 Å². The van der Waals surface area contributed by atoms with Crippen molar-refractivity contribution >= 4 is 12.1 Å². The predicted molar refractivity (Wildman–Crippen MR) is 118 cm³/mol. The number of rotatable bonds is 9. The van der Waals surface area contributed by atoms with Crippen molar-refractivity contribution in [1.29, 1.82) is 0 Å². The van der Waals surface area contributed by atoms with Crippen LogP contribution >= 0.6 is 0 Å². The van der Waals surface area contributed by atoms with Crippen molar-refractivity contribution in [3.05, 3.63) is 53.6 Å². The minimum absolute atomic E-state index is 0.221. The van der Waals surface area contributed by atoms with E-state index in [0.717, 1.165) is 11.3 Å². The van der Waals surface area contributed by atoms with Crippen molar-refractivity contribution in [2.45, 2.75) is 44.9 Å². The zero-order chi connectivity index (χ0) is 21.2. The number of methoxy groups -OCH3 is 1. The normalized spacial score (nSPS) is 14.5. The summed E-state index contributed by atoms with van der Waals surface area (Å²) in [4.78, 5) is 10.9. The molecule has 6 heteroatoms. The number of hydrogen-bond donors (Lipinski definition) is 1. The lowest BCUT2D eigenvalue weighted by Gasteiger charge is -2.22. The molecule has 160 valence electrons. The Labute approximate surface area is 178 Å². The fraction of sp³-hybridized carbons (Fsp3) is 0.417. The molecule has 0 bridgehead atoms. The molecule has 0 spiro atoms. The molecule has 2 aromatic carbocycles. The van der Waals surface area contributed by atoms with Gasteiger partial charge in [-0.25, -0.2) is 5.43 Å². The molecule has 0 radical (unpaired) electrons. The SMILES string of the molecule is COc1cc(/C=N\NC(C)=O)ccc1OCCOc1ccc(C2CCCCC2)cc1. The minimum atomic E-state index is -0.221. The Hall–Kier alpha value is -3.02. The average Bonchev–Trinajstić information content (AvgIpc) is 2.78. The van der Waals surface area contributed by atoms with E-state index in [9.17, 15) is 4.79 Å². The summed E-state index contributed by atoms with van der Waals surface area (Å²) in [7, 11) is 1.58. The zero-order valence-electron chi connectivity index (χ0n) is 17.7. The molecule has 0 heterocycles. The molecule has 1 fully saturated rings. The van der Waals surface area contributed by atoms with Crippen molar-refractivity contribution in [3.8, 4) is 17.2 Å². The molecule has 0 saturated heterocycles. The summed E-state index contributed by atoms with van der Waals surface area (Å²) in [6.45, 7) is 2.25. The van der Waals surface area contributed by atoms with Crippen molar-refractivity contribution in [1.82, 2.24) is 5.43 Å². The highest BCUT2D eigenvalue weighted by molar-refractivity contribution is 5.82. The third-order valence-electron chi connectivity index (χ3n) is 5.19. The molecule has 30 heavy (non-hydrogen) atoms. The maximum absolute atomic E-state index is 10.9. The smallest absolute Gasteiger partial charge is 0.236 e. The molecular weight excluding hydrogens is 380 g/mol. The van der Waals surface area contributed by atoms with Crippen LogP contribution in [-0.4, -0.2) is 32.4 Å². The summed E-state index contributed by atoms with van der Waals surface area (Å²) in [5.41, 5.74) is 4.58. The molecule has 0 aliphatic heterocycles. The van der Waals surface area contributed by atoms with E-state index in [4.69, 9.17) is 14.2 Å². The van der Waals surface area contributed by atoms with Crippen LogP contribution in [0.5, 0.6) is 17.2 Å². The standard InChI is InChI=1S/C24H30N2O4/c1-18(27)26-25-17-19-8-13-23(24(16-19)28-2)30-15-14-29-22-11-9-21(10-12-22)20-6-4-3-5-7-20/h8-13,16-17,20H,3-7,14-15H2,1-2H3,(H,26,27)/b25-17-. The highest BCUT2D eigenvalue weighted by Crippen LogP contribution is 2.33. The Bertz CT molecular complexity index is 843. The Morgan fingerprint density at radius 1 is 1.03 bits per heavy atom. The highest BCUT2D eigenvalue weighted by atomic mass is 16.5. The van der Waals surface area contributed by atoms with Crippen LogP contribution < -0.4 is 19.6 Å². The number of hydrogen-bond acceptors (Lipinski definition) is 5. The first-order valence-electron chi connectivity index (χ1n) is 10.5. The Kier molecular flexibility index (Phi) is 8.12. The summed E-state index contributed by atoms with van der Waals surface area (Å²) in [6.07, 6.45) is 8.20. The lowest BCUT2D eigenvalue weighted by Crippen LogP contribution is -2.12. The van der Waals surface area contributed by atoms with Crippen molar-refractivity contribution in [2.24, 2.45) is 5.10 Å². The molecule has 1 N–H and O–H groups in total. The summed E-state index contributed by atoms with van der Waals surface area (Å²) in [5, 5.41) is 3.85. The van der Waals surface area contributed by atoms with Crippen LogP contribution in [-0.2, 0) is 4.79 Å². The first-order valence-corrected chi connectivity index (χ1v) is 10.5. The summed E-state index contributed by atoms with van der Waals surface area (Å²) < 4.78 is 17.0. The van der Waals surface area contributed by atoms with Gasteiger partial charge in [0.2, 0.25) is 5.91 Å². The van der Waals surface area contributed by atoms with Gasteiger partial charge in [-0.15, -0.1) is 0 Å². The fourth-order valence-corrected chi connectivity index (χ4v) is 3.66. The van der Waals surface area contributed by atoms with Crippen LogP contribution in [0.1, 0.15) is 56.1 Å². The van der Waals surface area contributed by atoms with Crippen molar-refractivity contribution in [2.75, 3.05) is 20.3 Å². The molecule has 6 nitrogen and oxygen atoms in total. The van der Waals surface area contributed by atoms with Crippen molar-refractivity contribution < 1.29 is 19.0 Å². The molecule has 3 rings (SSSR count). The summed E-state index contributed by atoms with van der Waals surface area (Å²) in [6, 6.07) is 13.9. The second kappa shape index (κ2) is 11.2. The van der Waals surface area contributed by atoms with E-state index < -0.39 is 0 Å². The Morgan fingerprint density at radius 2 is 1.77 bits per heavy atom. The second-order valence-electron chi connectivity index (χ2n) is 7.44. The molecule has 1 aliphatic rings. The van der Waals surface area contributed by atoms with E-state index in [-0.39, 0.29) is 5.91 Å². The molecule has 1 aliphatic carbocycles. The number of carbonyl (C=O) groups is 1. The number of benzene rings is 2. The van der Waals surface area contributed by atoms with E-state index in [2.05, 4.69) is 22.7 Å². The number of amides is 1. The van der Waals surface area contributed by atoms with Gasteiger partial charge in [0.05, 0.1) is 13.3 Å². The van der Waals surface area contributed by atoms with Crippen LogP contribution in [0.3, 0.4) is 0 Å². The lowest BCUT2D eigenvalue weighted by atomic mass is 9.84. The summed E-state index contributed by atoms with van der Waals surface area (Å²) >= 11 is 0. The van der Waals surface area contributed by atoms with Gasteiger partial charge in [0.25, 0.3) is 0 Å². The monoisotopic (exact) mass is 410 g/mol. The van der Waals surface area contributed by atoms with Gasteiger partial charge in [-0.3, -0.25) is 4.79 Å². The predicted octanol–water partition coefficient (Wildman–Crippen LogP) is 4.67. The van der Waals surface area contributed by atoms with Gasteiger partial charge in [0, 0.05) is 6.92 Å². The third kappa shape index (κ3) is 6.51. The van der Waals surface area contributed by atoms with Crippen LogP contribution in [0, 0.1) is 0 Å². The first-order chi connectivity index (χ1) is 14.7. The van der Waals surface area contributed by atoms with Gasteiger partial charge in [-0.1, -0.05) is 31.4 Å². The van der Waals surface area contributed by atoms with Gasteiger partial charge in [0.1, 0.15) is 19.0 Å². The number of nitrogens with zero attached hydrogens (tertiary/aromatic N) is 1. The number of hydrazone groups is 1. The van der Waals surface area contributed by atoms with E-state index in [0.29, 0.717) is 30.6 Å². The molecule has 0 atom stereocenters. The molecule has 1 amide bonds. The fourth-order valence-electron chi connectivity index (χ4n) is 3.66. The van der Waals surface area contributed by atoms with E-state index >= 15 is 0 Å². The lowest BCUT2D eigenvalue weighted by molar-refractivity contribution is -0.118. The number of nitrogens with one attached hydrogen (secondary N) is 1. The largest absolute Gasteiger partial charge is 0.493 e. The van der Waals surface area contributed by atoms with Crippen LogP contribution in [0.4, 0.5) is 0 Å². The van der Waals surface area contributed by atoms with Crippen LogP contribution in [0.2, 0.25) is 0 Å². The maximum atomic E-state index is 10.9. The van der Waals surface area contributed by atoms with Gasteiger partial charge in [-0.05, 0) is 60.2 Å². The quantitative estimate of drug-likeness (QED) is 0.370. The molecular formula is C24H30N2O4. The molecule has 0 aromatic heterocycles. The average molecular weight is 411 g/mol. The van der Waals surface area contributed by atoms with Gasteiger partial charge in [-0.2, -0.15) is 5.10 Å². The third-order valence-corrected chi connectivity index (χ3v) is 5.19. The Balaban J connectivity index is 1.46. The molecule has 2 aromatic rings. The van der Waals surface area contributed by atoms with E-state index in [1.807, 2.05) is 24.3 Å². The van der Waals surface area contributed by atoms with Gasteiger partial charge >= 0.3 is 0 Å². The Morgan fingerprint density at radius 3 is 2.47 bits per heavy atom. The number of carbonyl (C=O) groups excluding carboxylic acids is 1. The van der Waals surface area contributed by atoms with Gasteiger partial charge < -0.3 is 14.2 Å². The van der Waals surface area contributed by atoms with Gasteiger partial charge in [0.15, 0.2) is 11.5 Å². The van der Waals surface area contributed by atoms with E-state index in [1.165, 1.54) is 44.6 Å². The molecule has 1 saturated carbocycles. The summed E-state index contributed by atoms with van der Waals surface area (Å²) in [5.74, 6) is 2.57. The highest BCUT2D eigenvalue weighted by Gasteiger charge is 2.15. The zero-order valence-corrected chi connectivity index (χ0v) is 17.7. The second-order valence-corrected chi connectivity index (χ2v) is 7.44. The minimum Gasteiger partial charge on any atom is -0.493 e. The number of ether oxygens (including phenoxy) is 3. The van der Waals surface area contributed by atoms with Crippen LogP contribution in [0.15, 0.2) is 47.6 Å². The topological polar surface area (TPSA) is 69.2 Å². The van der Waals surface area contributed by atoms with Crippen LogP contribution in [0.25, 0.3) is 0 Å². The maximum Gasteiger partial charge on any atom is 0.236 e. The molecule has 0 unspecified atom stereocenters. The first kappa shape index (κ1) is 21.7.